The van der Waals surface area contributed by atoms with Crippen molar-refractivity contribution in [2.45, 2.75) is 33.1 Å². The van der Waals surface area contributed by atoms with Gasteiger partial charge in [-0.2, -0.15) is 5.48 Å². The van der Waals surface area contributed by atoms with E-state index in [1.54, 1.807) is 0 Å². The molecule has 0 heterocycles. The lowest BCUT2D eigenvalue weighted by Crippen LogP contribution is -2.17. The molecule has 3 heteroatoms. The molecule has 0 atom stereocenters. The number of nitrogens with one attached hydrogen (secondary N) is 1. The van der Waals surface area contributed by atoms with E-state index in [4.69, 9.17) is 9.57 Å². The van der Waals surface area contributed by atoms with Gasteiger partial charge in [-0.15, -0.1) is 0 Å². The SMILES string of the molecule is CCCCOCONCCC. The van der Waals surface area contributed by atoms with Crippen molar-refractivity contribution < 1.29 is 9.57 Å². The van der Waals surface area contributed by atoms with Crippen LogP contribution in [0.25, 0.3) is 0 Å². The maximum atomic E-state index is 5.14. The zero-order chi connectivity index (χ0) is 8.36. The molecule has 0 radical (unpaired) electrons. The molecular formula is C8H19NO2. The van der Waals surface area contributed by atoms with Crippen molar-refractivity contribution in [2.24, 2.45) is 0 Å². The van der Waals surface area contributed by atoms with Crippen LogP contribution in [-0.4, -0.2) is 19.9 Å². The highest BCUT2D eigenvalue weighted by Crippen LogP contribution is 1.86. The van der Waals surface area contributed by atoms with Gasteiger partial charge in [0.1, 0.15) is 0 Å². The van der Waals surface area contributed by atoms with E-state index in [0.717, 1.165) is 26.0 Å². The molecule has 0 aromatic carbocycles. The molecule has 0 bridgehead atoms. The van der Waals surface area contributed by atoms with Crippen LogP contribution in [0.1, 0.15) is 33.1 Å². The summed E-state index contributed by atoms with van der Waals surface area (Å²) in [6.07, 6.45) is 3.36. The third-order valence-electron chi connectivity index (χ3n) is 1.24. The minimum Gasteiger partial charge on any atom is -0.353 e. The fourth-order valence-corrected chi connectivity index (χ4v) is 0.563. The quantitative estimate of drug-likeness (QED) is 0.334. The van der Waals surface area contributed by atoms with Crippen LogP contribution >= 0.6 is 0 Å². The highest BCUT2D eigenvalue weighted by atomic mass is 16.7. The molecule has 0 saturated carbocycles. The predicted molar refractivity (Wildman–Crippen MR) is 45.1 cm³/mol. The number of unbranched alkanes of at least 4 members (excludes halogenated alkanes) is 1. The summed E-state index contributed by atoms with van der Waals surface area (Å²) in [6, 6.07) is 0. The zero-order valence-corrected chi connectivity index (χ0v) is 7.56. The Balaban J connectivity index is 2.69. The number of hydrogen-bond donors (Lipinski definition) is 1. The standard InChI is InChI=1S/C8H19NO2/c1-3-5-7-10-8-11-9-6-4-2/h9H,3-8H2,1-2H3. The molecular weight excluding hydrogens is 142 g/mol. The maximum absolute atomic E-state index is 5.14. The van der Waals surface area contributed by atoms with Crippen molar-refractivity contribution in [3.8, 4) is 0 Å². The van der Waals surface area contributed by atoms with Crippen LogP contribution in [0.4, 0.5) is 0 Å². The molecule has 1 N–H and O–H groups in total. The number of rotatable bonds is 8. The second-order valence-electron chi connectivity index (χ2n) is 2.42. The number of ether oxygens (including phenoxy) is 1. The van der Waals surface area contributed by atoms with Gasteiger partial charge in [0.05, 0.1) is 0 Å². The average Bonchev–Trinajstić information content (AvgIpc) is 2.03. The molecule has 0 amide bonds. The van der Waals surface area contributed by atoms with Gasteiger partial charge in [-0.1, -0.05) is 20.3 Å². The minimum absolute atomic E-state index is 0.361. The monoisotopic (exact) mass is 161 g/mol. The van der Waals surface area contributed by atoms with Gasteiger partial charge in [0, 0.05) is 13.2 Å². The zero-order valence-electron chi connectivity index (χ0n) is 7.56. The van der Waals surface area contributed by atoms with Crippen LogP contribution < -0.4 is 5.48 Å². The second-order valence-corrected chi connectivity index (χ2v) is 2.42. The summed E-state index contributed by atoms with van der Waals surface area (Å²) in [4.78, 5) is 4.95. The maximum Gasteiger partial charge on any atom is 0.166 e. The van der Waals surface area contributed by atoms with Crippen LogP contribution in [-0.2, 0) is 9.57 Å². The molecule has 0 fully saturated rings. The molecule has 11 heavy (non-hydrogen) atoms. The van der Waals surface area contributed by atoms with Crippen LogP contribution in [0.2, 0.25) is 0 Å². The first-order chi connectivity index (χ1) is 5.41. The molecule has 0 aromatic heterocycles. The Labute approximate surface area is 69.0 Å². The van der Waals surface area contributed by atoms with Crippen molar-refractivity contribution in [2.75, 3.05) is 19.9 Å². The van der Waals surface area contributed by atoms with E-state index in [0.29, 0.717) is 6.79 Å². The molecule has 0 aromatic rings. The van der Waals surface area contributed by atoms with Crippen molar-refractivity contribution in [1.82, 2.24) is 5.48 Å². The number of hydrogen-bond acceptors (Lipinski definition) is 3. The molecule has 0 aliphatic heterocycles. The van der Waals surface area contributed by atoms with Crippen molar-refractivity contribution in [1.29, 1.82) is 0 Å². The summed E-state index contributed by atoms with van der Waals surface area (Å²) in [5, 5.41) is 0. The van der Waals surface area contributed by atoms with Crippen LogP contribution in [0.5, 0.6) is 0 Å². The third kappa shape index (κ3) is 9.88. The average molecular weight is 161 g/mol. The Morgan fingerprint density at radius 3 is 2.64 bits per heavy atom. The van der Waals surface area contributed by atoms with Gasteiger partial charge in [0.15, 0.2) is 6.79 Å². The predicted octanol–water partition coefficient (Wildman–Crippen LogP) is 1.69. The first-order valence-electron chi connectivity index (χ1n) is 4.34. The van der Waals surface area contributed by atoms with Gasteiger partial charge < -0.3 is 4.74 Å². The molecule has 0 rings (SSSR count). The topological polar surface area (TPSA) is 30.5 Å². The Morgan fingerprint density at radius 1 is 1.18 bits per heavy atom. The van der Waals surface area contributed by atoms with E-state index in [-0.39, 0.29) is 0 Å². The van der Waals surface area contributed by atoms with E-state index in [9.17, 15) is 0 Å². The summed E-state index contributed by atoms with van der Waals surface area (Å²) in [7, 11) is 0. The minimum atomic E-state index is 0.361. The Bertz CT molecular complexity index is 61.1. The van der Waals surface area contributed by atoms with Crippen LogP contribution in [0.3, 0.4) is 0 Å². The van der Waals surface area contributed by atoms with Crippen molar-refractivity contribution in [3.63, 3.8) is 0 Å². The molecule has 0 saturated heterocycles. The Hall–Kier alpha value is -0.120. The summed E-state index contributed by atoms with van der Waals surface area (Å²) in [5.41, 5.74) is 2.79. The van der Waals surface area contributed by atoms with Crippen molar-refractivity contribution >= 4 is 0 Å². The van der Waals surface area contributed by atoms with E-state index in [2.05, 4.69) is 19.3 Å². The van der Waals surface area contributed by atoms with Gasteiger partial charge in [0.25, 0.3) is 0 Å². The fraction of sp³-hybridized carbons (Fsp3) is 1.00. The molecule has 0 unspecified atom stereocenters. The van der Waals surface area contributed by atoms with Crippen LogP contribution in [0, 0.1) is 0 Å². The first-order valence-corrected chi connectivity index (χ1v) is 4.34. The summed E-state index contributed by atoms with van der Waals surface area (Å²) >= 11 is 0. The first kappa shape index (κ1) is 10.9. The second kappa shape index (κ2) is 9.88. The molecule has 0 spiro atoms. The largest absolute Gasteiger partial charge is 0.353 e. The van der Waals surface area contributed by atoms with Gasteiger partial charge in [-0.05, 0) is 12.8 Å². The number of hydroxylamine groups is 1. The lowest BCUT2D eigenvalue weighted by molar-refractivity contribution is -0.0990. The molecule has 3 nitrogen and oxygen atoms in total. The van der Waals surface area contributed by atoms with Gasteiger partial charge in [0.2, 0.25) is 0 Å². The van der Waals surface area contributed by atoms with E-state index >= 15 is 0 Å². The highest BCUT2D eigenvalue weighted by Gasteiger charge is 1.86. The smallest absolute Gasteiger partial charge is 0.166 e. The molecule has 0 aliphatic carbocycles. The summed E-state index contributed by atoms with van der Waals surface area (Å²) in [6.45, 7) is 6.27. The van der Waals surface area contributed by atoms with E-state index < -0.39 is 0 Å². The third-order valence-corrected chi connectivity index (χ3v) is 1.24. The van der Waals surface area contributed by atoms with Crippen molar-refractivity contribution in [3.05, 3.63) is 0 Å². The van der Waals surface area contributed by atoms with Gasteiger partial charge in [-0.25, -0.2) is 0 Å². The lowest BCUT2D eigenvalue weighted by Gasteiger charge is -2.04. The lowest BCUT2D eigenvalue weighted by atomic mass is 10.4. The molecule has 0 aliphatic rings. The Kier molecular flexibility index (Phi) is 9.77. The van der Waals surface area contributed by atoms with E-state index in [1.165, 1.54) is 6.42 Å². The van der Waals surface area contributed by atoms with E-state index in [1.807, 2.05) is 0 Å². The van der Waals surface area contributed by atoms with Gasteiger partial charge in [-0.3, -0.25) is 4.84 Å². The van der Waals surface area contributed by atoms with Crippen LogP contribution in [0.15, 0.2) is 0 Å². The summed E-state index contributed by atoms with van der Waals surface area (Å²) in [5.74, 6) is 0. The Morgan fingerprint density at radius 2 is 2.00 bits per heavy atom. The highest BCUT2D eigenvalue weighted by molar-refractivity contribution is 4.28. The van der Waals surface area contributed by atoms with Gasteiger partial charge >= 0.3 is 0 Å². The molecule has 68 valence electrons. The normalized spacial score (nSPS) is 10.4. The fourth-order valence-electron chi connectivity index (χ4n) is 0.563. The summed E-state index contributed by atoms with van der Waals surface area (Å²) < 4.78 is 5.14.